The Hall–Kier alpha value is -2.18. The van der Waals surface area contributed by atoms with Crippen LogP contribution in [0.2, 0.25) is 5.02 Å². The van der Waals surface area contributed by atoms with Crippen LogP contribution in [0.15, 0.2) is 48.5 Å². The monoisotopic (exact) mass is 488 g/mol. The van der Waals surface area contributed by atoms with E-state index in [2.05, 4.69) is 5.32 Å². The SMILES string of the molecule is COc1cccc(CN(C(=O)CSCc2ccccc2Cl)C(C)C(=O)NC2CCCCC2)c1. The van der Waals surface area contributed by atoms with Gasteiger partial charge in [-0.2, -0.15) is 0 Å². The molecule has 0 aliphatic heterocycles. The number of nitrogens with one attached hydrogen (secondary N) is 1. The van der Waals surface area contributed by atoms with Crippen molar-refractivity contribution in [2.24, 2.45) is 0 Å². The molecule has 0 aromatic heterocycles. The van der Waals surface area contributed by atoms with Gasteiger partial charge in [0.05, 0.1) is 12.9 Å². The summed E-state index contributed by atoms with van der Waals surface area (Å²) in [5.74, 6) is 1.49. The lowest BCUT2D eigenvalue weighted by atomic mass is 9.95. The Kier molecular flexibility index (Phi) is 9.95. The highest BCUT2D eigenvalue weighted by atomic mass is 35.5. The fourth-order valence-electron chi connectivity index (χ4n) is 4.07. The van der Waals surface area contributed by atoms with Crippen LogP contribution < -0.4 is 10.1 Å². The predicted molar refractivity (Wildman–Crippen MR) is 136 cm³/mol. The minimum absolute atomic E-state index is 0.0684. The molecule has 1 N–H and O–H groups in total. The van der Waals surface area contributed by atoms with E-state index in [-0.39, 0.29) is 23.6 Å². The fourth-order valence-corrected chi connectivity index (χ4v) is 5.26. The number of ether oxygens (including phenoxy) is 1. The molecule has 0 heterocycles. The van der Waals surface area contributed by atoms with Gasteiger partial charge in [-0.25, -0.2) is 0 Å². The number of methoxy groups -OCH3 is 1. The zero-order valence-corrected chi connectivity index (χ0v) is 21.0. The third kappa shape index (κ3) is 7.68. The van der Waals surface area contributed by atoms with Crippen molar-refractivity contribution in [3.8, 4) is 5.75 Å². The first-order chi connectivity index (χ1) is 16.0. The van der Waals surface area contributed by atoms with Crippen LogP contribution in [-0.2, 0) is 21.9 Å². The van der Waals surface area contributed by atoms with Gasteiger partial charge in [0.25, 0.3) is 0 Å². The number of carbonyl (C=O) groups is 2. The van der Waals surface area contributed by atoms with E-state index in [1.807, 2.05) is 55.5 Å². The van der Waals surface area contributed by atoms with E-state index in [0.717, 1.165) is 42.6 Å². The second kappa shape index (κ2) is 12.9. The molecular weight excluding hydrogens is 456 g/mol. The molecule has 1 unspecified atom stereocenters. The third-order valence-corrected chi connectivity index (χ3v) is 7.38. The Labute approximate surface area is 206 Å². The van der Waals surface area contributed by atoms with Crippen molar-refractivity contribution in [3.05, 3.63) is 64.7 Å². The van der Waals surface area contributed by atoms with Gasteiger partial charge in [-0.15, -0.1) is 11.8 Å². The van der Waals surface area contributed by atoms with Gasteiger partial charge in [0.15, 0.2) is 0 Å². The summed E-state index contributed by atoms with van der Waals surface area (Å²) in [6.45, 7) is 2.16. The van der Waals surface area contributed by atoms with E-state index in [4.69, 9.17) is 16.3 Å². The first-order valence-corrected chi connectivity index (χ1v) is 13.0. The summed E-state index contributed by atoms with van der Waals surface area (Å²) >= 11 is 7.76. The van der Waals surface area contributed by atoms with E-state index < -0.39 is 6.04 Å². The van der Waals surface area contributed by atoms with E-state index >= 15 is 0 Å². The molecule has 0 radical (unpaired) electrons. The Morgan fingerprint density at radius 2 is 1.91 bits per heavy atom. The summed E-state index contributed by atoms with van der Waals surface area (Å²) in [7, 11) is 1.62. The van der Waals surface area contributed by atoms with Gasteiger partial charge in [0, 0.05) is 23.4 Å². The normalized spacial score (nSPS) is 15.0. The topological polar surface area (TPSA) is 58.6 Å². The van der Waals surface area contributed by atoms with Gasteiger partial charge in [0.2, 0.25) is 11.8 Å². The van der Waals surface area contributed by atoms with Gasteiger partial charge in [-0.05, 0) is 49.1 Å². The summed E-state index contributed by atoms with van der Waals surface area (Å²) in [4.78, 5) is 28.0. The van der Waals surface area contributed by atoms with Gasteiger partial charge < -0.3 is 15.0 Å². The maximum atomic E-state index is 13.3. The summed E-state index contributed by atoms with van der Waals surface area (Å²) in [5, 5.41) is 3.87. The minimum Gasteiger partial charge on any atom is -0.497 e. The number of rotatable bonds is 10. The number of halogens is 1. The van der Waals surface area contributed by atoms with Gasteiger partial charge in [-0.1, -0.05) is 61.2 Å². The molecule has 1 fully saturated rings. The maximum Gasteiger partial charge on any atom is 0.242 e. The lowest BCUT2D eigenvalue weighted by molar-refractivity contribution is -0.139. The van der Waals surface area contributed by atoms with Crippen molar-refractivity contribution in [2.75, 3.05) is 12.9 Å². The zero-order valence-electron chi connectivity index (χ0n) is 19.4. The summed E-state index contributed by atoms with van der Waals surface area (Å²) in [6, 6.07) is 14.9. The minimum atomic E-state index is -0.563. The van der Waals surface area contributed by atoms with E-state index in [1.165, 1.54) is 18.2 Å². The number of thioether (sulfide) groups is 1. The zero-order chi connectivity index (χ0) is 23.6. The predicted octanol–water partition coefficient (Wildman–Crippen LogP) is 5.45. The quantitative estimate of drug-likeness (QED) is 0.483. The molecule has 1 aliphatic carbocycles. The summed E-state index contributed by atoms with van der Waals surface area (Å²) < 4.78 is 5.33. The maximum absolute atomic E-state index is 13.3. The van der Waals surface area contributed by atoms with Crippen LogP contribution >= 0.6 is 23.4 Å². The van der Waals surface area contributed by atoms with Gasteiger partial charge in [0.1, 0.15) is 11.8 Å². The van der Waals surface area contributed by atoms with Crippen LogP contribution in [0.1, 0.15) is 50.2 Å². The average Bonchev–Trinajstić information content (AvgIpc) is 2.84. The fraction of sp³-hybridized carbons (Fsp3) is 0.462. The second-order valence-electron chi connectivity index (χ2n) is 8.48. The molecule has 1 atom stereocenters. The molecule has 3 rings (SSSR count). The number of benzene rings is 2. The van der Waals surface area contributed by atoms with Crippen molar-refractivity contribution in [1.82, 2.24) is 10.2 Å². The molecule has 2 aromatic rings. The summed E-state index contributed by atoms with van der Waals surface area (Å²) in [6.07, 6.45) is 5.53. The third-order valence-electron chi connectivity index (χ3n) is 6.05. The molecule has 1 aliphatic rings. The van der Waals surface area contributed by atoms with Crippen LogP contribution in [0, 0.1) is 0 Å². The van der Waals surface area contributed by atoms with E-state index in [0.29, 0.717) is 17.3 Å². The molecule has 0 spiro atoms. The molecule has 2 amide bonds. The Bertz CT molecular complexity index is 933. The van der Waals surface area contributed by atoms with Crippen LogP contribution in [0.3, 0.4) is 0 Å². The number of nitrogens with zero attached hydrogens (tertiary/aromatic N) is 1. The molecule has 7 heteroatoms. The van der Waals surface area contributed by atoms with Crippen molar-refractivity contribution in [1.29, 1.82) is 0 Å². The Morgan fingerprint density at radius 1 is 1.15 bits per heavy atom. The van der Waals surface area contributed by atoms with Crippen molar-refractivity contribution in [2.45, 2.75) is 63.4 Å². The van der Waals surface area contributed by atoms with Crippen LogP contribution in [-0.4, -0.2) is 41.7 Å². The van der Waals surface area contributed by atoms with Crippen LogP contribution in [0.25, 0.3) is 0 Å². The largest absolute Gasteiger partial charge is 0.497 e. The highest BCUT2D eigenvalue weighted by molar-refractivity contribution is 7.99. The lowest BCUT2D eigenvalue weighted by Crippen LogP contribution is -2.50. The number of hydrogen-bond donors (Lipinski definition) is 1. The number of carbonyl (C=O) groups excluding carboxylic acids is 2. The first-order valence-electron chi connectivity index (χ1n) is 11.5. The Morgan fingerprint density at radius 3 is 2.64 bits per heavy atom. The number of hydrogen-bond acceptors (Lipinski definition) is 4. The first kappa shape index (κ1) is 25.4. The van der Waals surface area contributed by atoms with Crippen LogP contribution in [0.5, 0.6) is 5.75 Å². The molecule has 0 bridgehead atoms. The van der Waals surface area contributed by atoms with Gasteiger partial charge in [-0.3, -0.25) is 9.59 Å². The molecule has 5 nitrogen and oxygen atoms in total. The smallest absolute Gasteiger partial charge is 0.242 e. The highest BCUT2D eigenvalue weighted by Gasteiger charge is 2.28. The molecule has 178 valence electrons. The molecule has 0 saturated heterocycles. The van der Waals surface area contributed by atoms with E-state index in [9.17, 15) is 9.59 Å². The lowest BCUT2D eigenvalue weighted by Gasteiger charge is -2.31. The molecular formula is C26H33ClN2O3S. The number of amides is 2. The van der Waals surface area contributed by atoms with Crippen LogP contribution in [0.4, 0.5) is 0 Å². The van der Waals surface area contributed by atoms with Crippen molar-refractivity contribution >= 4 is 35.2 Å². The average molecular weight is 489 g/mol. The van der Waals surface area contributed by atoms with Crippen molar-refractivity contribution < 1.29 is 14.3 Å². The van der Waals surface area contributed by atoms with Gasteiger partial charge >= 0.3 is 0 Å². The standard InChI is InChI=1S/C26H33ClN2O3S/c1-19(26(31)28-22-11-4-3-5-12-22)29(16-20-9-8-13-23(15-20)32-2)25(30)18-33-17-21-10-6-7-14-24(21)27/h6-10,13-15,19,22H,3-5,11-12,16-18H2,1-2H3,(H,28,31). The Balaban J connectivity index is 1.68. The molecule has 1 saturated carbocycles. The molecule has 33 heavy (non-hydrogen) atoms. The second-order valence-corrected chi connectivity index (χ2v) is 9.87. The summed E-state index contributed by atoms with van der Waals surface area (Å²) in [5.41, 5.74) is 1.93. The molecule has 2 aromatic carbocycles. The van der Waals surface area contributed by atoms with E-state index in [1.54, 1.807) is 12.0 Å². The highest BCUT2D eigenvalue weighted by Crippen LogP contribution is 2.23. The van der Waals surface area contributed by atoms with Crippen molar-refractivity contribution in [3.63, 3.8) is 0 Å².